The number of nitro benzene ring substituents is 1. The van der Waals surface area contributed by atoms with E-state index >= 15 is 0 Å². The molecule has 1 aromatic heterocycles. The van der Waals surface area contributed by atoms with Gasteiger partial charge in [0.2, 0.25) is 0 Å². The van der Waals surface area contributed by atoms with E-state index in [9.17, 15) is 19.8 Å². The number of rotatable bonds is 4. The lowest BCUT2D eigenvalue weighted by molar-refractivity contribution is -0.384. The summed E-state index contributed by atoms with van der Waals surface area (Å²) in [6, 6.07) is 16.4. The number of non-ortho nitro benzene ring substituents is 1. The van der Waals surface area contributed by atoms with E-state index in [0.717, 1.165) is 17.0 Å². The molecule has 0 saturated heterocycles. The summed E-state index contributed by atoms with van der Waals surface area (Å²) in [5.74, 6) is -0.339. The van der Waals surface area contributed by atoms with Crippen LogP contribution in [0.15, 0.2) is 54.6 Å². The maximum Gasteiger partial charge on any atom is 0.270 e. The van der Waals surface area contributed by atoms with Crippen molar-refractivity contribution in [1.29, 1.82) is 5.26 Å². The number of nitrogens with zero attached hydrogens (tertiary/aromatic N) is 3. The van der Waals surface area contributed by atoms with Gasteiger partial charge in [-0.1, -0.05) is 24.3 Å². The Hall–Kier alpha value is -3.72. The zero-order valence-electron chi connectivity index (χ0n) is 14.8. The summed E-state index contributed by atoms with van der Waals surface area (Å²) >= 11 is 0. The van der Waals surface area contributed by atoms with Crippen molar-refractivity contribution in [3.05, 3.63) is 93.0 Å². The number of halogens is 1. The third kappa shape index (κ3) is 3.48. The average Bonchev–Trinajstić information content (AvgIpc) is 2.93. The van der Waals surface area contributed by atoms with Gasteiger partial charge >= 0.3 is 0 Å². The van der Waals surface area contributed by atoms with Gasteiger partial charge in [0, 0.05) is 23.5 Å². The highest BCUT2D eigenvalue weighted by atomic mass is 19.1. The van der Waals surface area contributed by atoms with Crippen LogP contribution in [0.25, 0.3) is 17.3 Å². The first-order valence-electron chi connectivity index (χ1n) is 8.23. The fourth-order valence-electron chi connectivity index (χ4n) is 3.06. The number of allylic oxidation sites excluding steroid dienone is 1. The summed E-state index contributed by atoms with van der Waals surface area (Å²) in [6.07, 6.45) is 1.67. The average molecular weight is 361 g/mol. The fraction of sp³-hybridized carbons (Fsp3) is 0.0952. The van der Waals surface area contributed by atoms with E-state index in [4.69, 9.17) is 0 Å². The molecule has 0 fully saturated rings. The van der Waals surface area contributed by atoms with Gasteiger partial charge in [0.25, 0.3) is 5.69 Å². The van der Waals surface area contributed by atoms with Gasteiger partial charge in [-0.25, -0.2) is 4.39 Å². The van der Waals surface area contributed by atoms with Crippen molar-refractivity contribution in [2.75, 3.05) is 0 Å². The highest BCUT2D eigenvalue weighted by molar-refractivity contribution is 5.90. The molecule has 0 amide bonds. The highest BCUT2D eigenvalue weighted by Crippen LogP contribution is 2.27. The molecule has 0 aliphatic rings. The highest BCUT2D eigenvalue weighted by Gasteiger charge is 2.14. The van der Waals surface area contributed by atoms with Crippen LogP contribution in [0, 0.1) is 41.1 Å². The molecule has 3 aromatic rings. The van der Waals surface area contributed by atoms with Gasteiger partial charge in [-0.05, 0) is 49.2 Å². The number of para-hydroxylation sites is 1. The Balaban J connectivity index is 2.11. The van der Waals surface area contributed by atoms with Crippen LogP contribution in [-0.4, -0.2) is 9.49 Å². The van der Waals surface area contributed by atoms with Crippen molar-refractivity contribution in [2.45, 2.75) is 13.8 Å². The molecule has 134 valence electrons. The van der Waals surface area contributed by atoms with Crippen molar-refractivity contribution < 1.29 is 9.31 Å². The maximum absolute atomic E-state index is 14.2. The smallest absolute Gasteiger partial charge is 0.270 e. The lowest BCUT2D eigenvalue weighted by Crippen LogP contribution is -2.01. The standard InChI is InChI=1S/C21H16FN3O2/c1-14-10-17(15(2)24(14)21-9-4-3-8-20(21)22)11-18(13-23)16-6-5-7-19(12-16)25(26)27/h3-12H,1-2H3/b18-11-. The van der Waals surface area contributed by atoms with E-state index < -0.39 is 4.92 Å². The Kier molecular flexibility index (Phi) is 4.86. The summed E-state index contributed by atoms with van der Waals surface area (Å²) in [5.41, 5.74) is 3.45. The lowest BCUT2D eigenvalue weighted by Gasteiger charge is -2.10. The zero-order chi connectivity index (χ0) is 19.6. The second-order valence-corrected chi connectivity index (χ2v) is 6.09. The first-order valence-corrected chi connectivity index (χ1v) is 8.23. The van der Waals surface area contributed by atoms with Crippen LogP contribution in [0.5, 0.6) is 0 Å². The van der Waals surface area contributed by atoms with Gasteiger partial charge in [0.05, 0.1) is 22.3 Å². The van der Waals surface area contributed by atoms with Gasteiger partial charge in [0.15, 0.2) is 0 Å². The number of hydrogen-bond donors (Lipinski definition) is 0. The van der Waals surface area contributed by atoms with Crippen molar-refractivity contribution in [3.8, 4) is 11.8 Å². The maximum atomic E-state index is 14.2. The molecule has 1 heterocycles. The van der Waals surface area contributed by atoms with Gasteiger partial charge in [0.1, 0.15) is 5.82 Å². The first-order chi connectivity index (χ1) is 12.9. The molecule has 5 nitrogen and oxygen atoms in total. The molecule has 0 N–H and O–H groups in total. The second kappa shape index (κ2) is 7.26. The van der Waals surface area contributed by atoms with Crippen molar-refractivity contribution in [2.24, 2.45) is 0 Å². The molecule has 0 spiro atoms. The second-order valence-electron chi connectivity index (χ2n) is 6.09. The number of nitriles is 1. The number of hydrogen-bond acceptors (Lipinski definition) is 3. The largest absolute Gasteiger partial charge is 0.315 e. The van der Waals surface area contributed by atoms with Crippen molar-refractivity contribution in [3.63, 3.8) is 0 Å². The number of benzene rings is 2. The summed E-state index contributed by atoms with van der Waals surface area (Å²) in [5, 5.41) is 20.5. The molecule has 0 aliphatic carbocycles. The molecule has 3 rings (SSSR count). The van der Waals surface area contributed by atoms with Crippen LogP contribution in [0.2, 0.25) is 0 Å². The van der Waals surface area contributed by atoms with Crippen LogP contribution in [0.4, 0.5) is 10.1 Å². The van der Waals surface area contributed by atoms with Crippen LogP contribution < -0.4 is 0 Å². The van der Waals surface area contributed by atoms with Crippen LogP contribution in [0.1, 0.15) is 22.5 Å². The van der Waals surface area contributed by atoms with Crippen LogP contribution in [-0.2, 0) is 0 Å². The third-order valence-corrected chi connectivity index (χ3v) is 4.35. The molecule has 0 atom stereocenters. The Morgan fingerprint density at radius 1 is 1.19 bits per heavy atom. The Morgan fingerprint density at radius 2 is 1.93 bits per heavy atom. The molecular formula is C21H16FN3O2. The van der Waals surface area contributed by atoms with Gasteiger partial charge in [-0.15, -0.1) is 0 Å². The van der Waals surface area contributed by atoms with E-state index in [2.05, 4.69) is 6.07 Å². The Morgan fingerprint density at radius 3 is 2.59 bits per heavy atom. The molecule has 0 radical (unpaired) electrons. The monoisotopic (exact) mass is 361 g/mol. The molecule has 0 bridgehead atoms. The summed E-state index contributed by atoms with van der Waals surface area (Å²) in [6.45, 7) is 3.70. The lowest BCUT2D eigenvalue weighted by atomic mass is 10.0. The molecule has 6 heteroatoms. The first kappa shape index (κ1) is 18.1. The van der Waals surface area contributed by atoms with Gasteiger partial charge < -0.3 is 4.57 Å². The predicted molar refractivity (Wildman–Crippen MR) is 102 cm³/mol. The molecule has 0 unspecified atom stereocenters. The van der Waals surface area contributed by atoms with E-state index in [1.165, 1.54) is 18.2 Å². The minimum Gasteiger partial charge on any atom is -0.315 e. The number of aryl methyl sites for hydroxylation is 1. The van der Waals surface area contributed by atoms with Crippen molar-refractivity contribution >= 4 is 17.3 Å². The van der Waals surface area contributed by atoms with Crippen LogP contribution >= 0.6 is 0 Å². The van der Waals surface area contributed by atoms with Gasteiger partial charge in [-0.2, -0.15) is 5.26 Å². The van der Waals surface area contributed by atoms with E-state index in [-0.39, 0.29) is 11.5 Å². The summed E-state index contributed by atoms with van der Waals surface area (Å²) < 4.78 is 16.0. The zero-order valence-corrected chi connectivity index (χ0v) is 14.8. The van der Waals surface area contributed by atoms with E-state index in [1.54, 1.807) is 41.0 Å². The Bertz CT molecular complexity index is 1110. The fourth-order valence-corrected chi connectivity index (χ4v) is 3.06. The normalized spacial score (nSPS) is 11.3. The Labute approximate surface area is 155 Å². The molecule has 0 aliphatic heterocycles. The predicted octanol–water partition coefficient (Wildman–Crippen LogP) is 5.21. The molecule has 2 aromatic carbocycles. The summed E-state index contributed by atoms with van der Waals surface area (Å²) in [4.78, 5) is 10.5. The summed E-state index contributed by atoms with van der Waals surface area (Å²) in [7, 11) is 0. The topological polar surface area (TPSA) is 71.9 Å². The minimum absolute atomic E-state index is 0.0783. The molecular weight excluding hydrogens is 345 g/mol. The number of aromatic nitrogens is 1. The van der Waals surface area contributed by atoms with E-state index in [0.29, 0.717) is 16.8 Å². The van der Waals surface area contributed by atoms with Gasteiger partial charge in [-0.3, -0.25) is 10.1 Å². The number of nitro groups is 1. The third-order valence-electron chi connectivity index (χ3n) is 4.35. The van der Waals surface area contributed by atoms with E-state index in [1.807, 2.05) is 19.9 Å². The minimum atomic E-state index is -0.497. The SMILES string of the molecule is Cc1cc(/C=C(/C#N)c2cccc([N+](=O)[O-])c2)c(C)n1-c1ccccc1F. The molecule has 27 heavy (non-hydrogen) atoms. The van der Waals surface area contributed by atoms with Crippen LogP contribution in [0.3, 0.4) is 0 Å². The molecule has 0 saturated carbocycles. The quantitative estimate of drug-likeness (QED) is 0.364. The van der Waals surface area contributed by atoms with Crippen molar-refractivity contribution in [1.82, 2.24) is 4.57 Å².